The van der Waals surface area contributed by atoms with Crippen molar-refractivity contribution in [1.82, 2.24) is 9.97 Å². The van der Waals surface area contributed by atoms with Gasteiger partial charge >= 0.3 is 0 Å². The molecule has 1 atom stereocenters. The Balaban J connectivity index is 1.64. The first kappa shape index (κ1) is 14.0. The van der Waals surface area contributed by atoms with E-state index in [-0.39, 0.29) is 11.6 Å². The van der Waals surface area contributed by atoms with Gasteiger partial charge in [-0.05, 0) is 31.7 Å². The van der Waals surface area contributed by atoms with Crippen molar-refractivity contribution in [3.63, 3.8) is 0 Å². The molecule has 1 aliphatic heterocycles. The molecule has 2 aromatic rings. The molecule has 1 spiro atoms. The van der Waals surface area contributed by atoms with E-state index in [0.717, 1.165) is 30.6 Å². The number of aromatic nitrogens is 2. The van der Waals surface area contributed by atoms with E-state index in [9.17, 15) is 0 Å². The standard InChI is InChI=1S/C18H18N4O/c19-10-13-11-21-17(12-20-13)22-15-9-18(7-3-4-8-18)23-16-6-2-1-5-14(15)16/h1-2,5-6,11-12,15H,3-4,7-9H2,(H,21,22). The third-order valence-corrected chi connectivity index (χ3v) is 4.80. The van der Waals surface area contributed by atoms with Crippen LogP contribution in [0.4, 0.5) is 5.82 Å². The molecule has 2 heterocycles. The van der Waals surface area contributed by atoms with Crippen LogP contribution in [0.3, 0.4) is 0 Å². The van der Waals surface area contributed by atoms with E-state index in [1.807, 2.05) is 24.3 Å². The third-order valence-electron chi connectivity index (χ3n) is 4.80. The highest BCUT2D eigenvalue weighted by atomic mass is 16.5. The first-order valence-corrected chi connectivity index (χ1v) is 8.05. The van der Waals surface area contributed by atoms with Crippen molar-refractivity contribution >= 4 is 5.82 Å². The van der Waals surface area contributed by atoms with E-state index < -0.39 is 0 Å². The normalized spacial score (nSPS) is 21.3. The van der Waals surface area contributed by atoms with Gasteiger partial charge in [-0.25, -0.2) is 9.97 Å². The van der Waals surface area contributed by atoms with Gasteiger partial charge in [0.1, 0.15) is 23.2 Å². The van der Waals surface area contributed by atoms with Gasteiger partial charge in [0.2, 0.25) is 0 Å². The average molecular weight is 306 g/mol. The van der Waals surface area contributed by atoms with Crippen LogP contribution < -0.4 is 10.1 Å². The summed E-state index contributed by atoms with van der Waals surface area (Å²) in [5.41, 5.74) is 1.44. The predicted molar refractivity (Wildman–Crippen MR) is 86.0 cm³/mol. The van der Waals surface area contributed by atoms with Crippen LogP contribution in [-0.2, 0) is 0 Å². The lowest BCUT2D eigenvalue weighted by atomic mass is 9.86. The maximum atomic E-state index is 8.83. The molecule has 0 radical (unpaired) electrons. The van der Waals surface area contributed by atoms with Crippen LogP contribution in [0, 0.1) is 11.3 Å². The zero-order valence-electron chi connectivity index (χ0n) is 12.8. The number of hydrogen-bond acceptors (Lipinski definition) is 5. The third kappa shape index (κ3) is 2.61. The second-order valence-electron chi connectivity index (χ2n) is 6.33. The Kier molecular flexibility index (Phi) is 3.38. The second kappa shape index (κ2) is 5.54. The first-order chi connectivity index (χ1) is 11.3. The molecule has 4 rings (SSSR count). The highest BCUT2D eigenvalue weighted by Crippen LogP contribution is 2.47. The monoisotopic (exact) mass is 306 g/mol. The number of anilines is 1. The zero-order valence-corrected chi connectivity index (χ0v) is 12.8. The van der Waals surface area contributed by atoms with E-state index in [2.05, 4.69) is 21.4 Å². The van der Waals surface area contributed by atoms with Gasteiger partial charge in [0.05, 0.1) is 18.4 Å². The summed E-state index contributed by atoms with van der Waals surface area (Å²) in [5, 5.41) is 12.3. The SMILES string of the molecule is N#Cc1cnc(NC2CC3(CCCC3)Oc3ccccc32)cn1. The van der Waals surface area contributed by atoms with Crippen molar-refractivity contribution in [2.24, 2.45) is 0 Å². The van der Waals surface area contributed by atoms with Crippen LogP contribution in [0.25, 0.3) is 0 Å². The predicted octanol–water partition coefficient (Wildman–Crippen LogP) is 3.60. The lowest BCUT2D eigenvalue weighted by molar-refractivity contribution is 0.0453. The van der Waals surface area contributed by atoms with Gasteiger partial charge in [-0.3, -0.25) is 0 Å². The van der Waals surface area contributed by atoms with Crippen LogP contribution in [0.5, 0.6) is 5.75 Å². The number of nitrogens with one attached hydrogen (secondary N) is 1. The topological polar surface area (TPSA) is 70.8 Å². The van der Waals surface area contributed by atoms with Gasteiger partial charge in [0.15, 0.2) is 5.69 Å². The van der Waals surface area contributed by atoms with Crippen molar-refractivity contribution in [2.45, 2.75) is 43.7 Å². The fourth-order valence-corrected chi connectivity index (χ4v) is 3.71. The van der Waals surface area contributed by atoms with E-state index in [1.165, 1.54) is 19.0 Å². The van der Waals surface area contributed by atoms with E-state index in [0.29, 0.717) is 11.5 Å². The van der Waals surface area contributed by atoms with Crippen LogP contribution in [0.1, 0.15) is 49.4 Å². The van der Waals surface area contributed by atoms with E-state index in [1.54, 1.807) is 6.20 Å². The van der Waals surface area contributed by atoms with Gasteiger partial charge in [-0.1, -0.05) is 18.2 Å². The van der Waals surface area contributed by atoms with Crippen LogP contribution >= 0.6 is 0 Å². The summed E-state index contributed by atoms with van der Waals surface area (Å²) >= 11 is 0. The molecule has 0 amide bonds. The first-order valence-electron chi connectivity index (χ1n) is 8.05. The van der Waals surface area contributed by atoms with Crippen molar-refractivity contribution in [2.75, 3.05) is 5.32 Å². The van der Waals surface area contributed by atoms with Gasteiger partial charge < -0.3 is 10.1 Å². The molecule has 1 fully saturated rings. The van der Waals surface area contributed by atoms with Crippen LogP contribution in [-0.4, -0.2) is 15.6 Å². The molecule has 1 aromatic heterocycles. The summed E-state index contributed by atoms with van der Waals surface area (Å²) < 4.78 is 6.37. The Labute approximate surface area is 135 Å². The van der Waals surface area contributed by atoms with E-state index >= 15 is 0 Å². The molecule has 116 valence electrons. The molecule has 1 aromatic carbocycles. The number of hydrogen-bond donors (Lipinski definition) is 1. The van der Waals surface area contributed by atoms with Gasteiger partial charge in [0.25, 0.3) is 0 Å². The Morgan fingerprint density at radius 2 is 2.00 bits per heavy atom. The van der Waals surface area contributed by atoms with Gasteiger partial charge in [-0.2, -0.15) is 5.26 Å². The summed E-state index contributed by atoms with van der Waals surface area (Å²) in [6.07, 6.45) is 8.73. The lowest BCUT2D eigenvalue weighted by Crippen LogP contribution is -2.40. The summed E-state index contributed by atoms with van der Waals surface area (Å²) in [6.45, 7) is 0. The average Bonchev–Trinajstić information content (AvgIpc) is 3.03. The Bertz CT molecular complexity index is 744. The number of nitriles is 1. The second-order valence-corrected chi connectivity index (χ2v) is 6.33. The summed E-state index contributed by atoms with van der Waals surface area (Å²) in [4.78, 5) is 8.38. The Morgan fingerprint density at radius 3 is 2.74 bits per heavy atom. The molecular formula is C18H18N4O. The lowest BCUT2D eigenvalue weighted by Gasteiger charge is -2.40. The van der Waals surface area contributed by atoms with Crippen molar-refractivity contribution in [3.05, 3.63) is 47.9 Å². The number of para-hydroxylation sites is 1. The van der Waals surface area contributed by atoms with Crippen molar-refractivity contribution in [1.29, 1.82) is 5.26 Å². The Morgan fingerprint density at radius 1 is 1.17 bits per heavy atom. The number of fused-ring (bicyclic) bond motifs is 1. The molecule has 0 saturated heterocycles. The van der Waals surface area contributed by atoms with Gasteiger partial charge in [-0.15, -0.1) is 0 Å². The Hall–Kier alpha value is -2.61. The number of benzene rings is 1. The van der Waals surface area contributed by atoms with Crippen molar-refractivity contribution in [3.8, 4) is 11.8 Å². The summed E-state index contributed by atoms with van der Waals surface area (Å²) in [5.74, 6) is 1.67. The van der Waals surface area contributed by atoms with Crippen LogP contribution in [0.15, 0.2) is 36.7 Å². The zero-order chi connectivity index (χ0) is 15.7. The highest BCUT2D eigenvalue weighted by molar-refractivity contribution is 5.45. The molecule has 5 nitrogen and oxygen atoms in total. The largest absolute Gasteiger partial charge is 0.487 e. The molecule has 1 unspecified atom stereocenters. The quantitative estimate of drug-likeness (QED) is 0.918. The molecule has 23 heavy (non-hydrogen) atoms. The summed E-state index contributed by atoms with van der Waals surface area (Å²) in [6, 6.07) is 10.4. The van der Waals surface area contributed by atoms with Crippen LogP contribution in [0.2, 0.25) is 0 Å². The maximum absolute atomic E-state index is 8.83. The van der Waals surface area contributed by atoms with Crippen molar-refractivity contribution < 1.29 is 4.74 Å². The molecule has 1 saturated carbocycles. The smallest absolute Gasteiger partial charge is 0.158 e. The molecule has 5 heteroatoms. The molecule has 1 N–H and O–H groups in total. The number of rotatable bonds is 2. The fourth-order valence-electron chi connectivity index (χ4n) is 3.71. The molecule has 0 bridgehead atoms. The minimum atomic E-state index is -0.0496. The fraction of sp³-hybridized carbons (Fsp3) is 0.389. The highest BCUT2D eigenvalue weighted by Gasteiger charge is 2.43. The molecule has 1 aliphatic carbocycles. The summed E-state index contributed by atoms with van der Waals surface area (Å²) in [7, 11) is 0. The minimum Gasteiger partial charge on any atom is -0.487 e. The molecular weight excluding hydrogens is 288 g/mol. The number of ether oxygens (including phenoxy) is 1. The maximum Gasteiger partial charge on any atom is 0.158 e. The number of nitrogens with zero attached hydrogens (tertiary/aromatic N) is 3. The van der Waals surface area contributed by atoms with E-state index in [4.69, 9.17) is 10.00 Å². The minimum absolute atomic E-state index is 0.0496. The molecule has 2 aliphatic rings. The van der Waals surface area contributed by atoms with Gasteiger partial charge in [0, 0.05) is 12.0 Å².